The molecule has 0 heterocycles. The summed E-state index contributed by atoms with van der Waals surface area (Å²) in [4.78, 5) is 24.0. The molecule has 0 aliphatic rings. The van der Waals surface area contributed by atoms with Crippen LogP contribution in [0.15, 0.2) is 72.8 Å². The van der Waals surface area contributed by atoms with E-state index in [-0.39, 0.29) is 17.2 Å². The van der Waals surface area contributed by atoms with E-state index >= 15 is 0 Å². The minimum Gasteiger partial charge on any atom is -0.423 e. The summed E-state index contributed by atoms with van der Waals surface area (Å²) >= 11 is 0. The molecule has 0 unspecified atom stereocenters. The van der Waals surface area contributed by atoms with E-state index in [0.717, 1.165) is 12.1 Å². The molecule has 0 aliphatic heterocycles. The molecule has 0 atom stereocenters. The van der Waals surface area contributed by atoms with Crippen LogP contribution in [0.1, 0.15) is 20.7 Å². The number of halogens is 2. The van der Waals surface area contributed by atoms with E-state index in [1.54, 1.807) is 36.4 Å². The molecular weight excluding hydrogens is 340 g/mol. The number of rotatable bonds is 4. The predicted octanol–water partition coefficient (Wildman–Crippen LogP) is 4.44. The van der Waals surface area contributed by atoms with Crippen molar-refractivity contribution in [1.82, 2.24) is 0 Å². The van der Waals surface area contributed by atoms with Crippen molar-refractivity contribution >= 4 is 17.6 Å². The molecule has 0 bridgehead atoms. The molecular formula is C20H13F2NO3. The quantitative estimate of drug-likeness (QED) is 0.557. The zero-order chi connectivity index (χ0) is 18.5. The van der Waals surface area contributed by atoms with Crippen LogP contribution in [0.3, 0.4) is 0 Å². The molecule has 0 saturated heterocycles. The molecule has 26 heavy (non-hydrogen) atoms. The number of hydrogen-bond donors (Lipinski definition) is 1. The van der Waals surface area contributed by atoms with Gasteiger partial charge in [-0.3, -0.25) is 4.79 Å². The number of carbonyl (C=O) groups is 2. The molecule has 4 nitrogen and oxygen atoms in total. The summed E-state index contributed by atoms with van der Waals surface area (Å²) in [6.07, 6.45) is 0. The number of anilines is 1. The van der Waals surface area contributed by atoms with Crippen LogP contribution < -0.4 is 10.1 Å². The average Bonchev–Trinajstić information content (AvgIpc) is 2.63. The second kappa shape index (κ2) is 7.57. The molecule has 0 aromatic heterocycles. The smallest absolute Gasteiger partial charge is 0.343 e. The van der Waals surface area contributed by atoms with Crippen molar-refractivity contribution in [2.75, 3.05) is 5.32 Å². The highest BCUT2D eigenvalue weighted by Crippen LogP contribution is 2.18. The van der Waals surface area contributed by atoms with Gasteiger partial charge in [-0.2, -0.15) is 0 Å². The largest absolute Gasteiger partial charge is 0.423 e. The maximum absolute atomic E-state index is 13.2. The summed E-state index contributed by atoms with van der Waals surface area (Å²) in [5, 5.41) is 2.71. The van der Waals surface area contributed by atoms with E-state index in [9.17, 15) is 18.4 Å². The standard InChI is InChI=1S/C20H13F2NO3/c21-15-10-14(11-16(22)12-15)20(25)26-18-8-6-17(7-9-18)23-19(24)13-4-2-1-3-5-13/h1-12H,(H,23,24). The topological polar surface area (TPSA) is 55.4 Å². The highest BCUT2D eigenvalue weighted by atomic mass is 19.1. The fourth-order valence-corrected chi connectivity index (χ4v) is 2.24. The number of nitrogens with one attached hydrogen (secondary N) is 1. The number of hydrogen-bond acceptors (Lipinski definition) is 3. The molecule has 1 amide bonds. The van der Waals surface area contributed by atoms with Gasteiger partial charge < -0.3 is 10.1 Å². The van der Waals surface area contributed by atoms with Gasteiger partial charge in [0.1, 0.15) is 17.4 Å². The molecule has 130 valence electrons. The molecule has 0 saturated carbocycles. The van der Waals surface area contributed by atoms with E-state index in [1.165, 1.54) is 12.1 Å². The van der Waals surface area contributed by atoms with Gasteiger partial charge in [0.25, 0.3) is 5.91 Å². The first-order valence-electron chi connectivity index (χ1n) is 7.66. The van der Waals surface area contributed by atoms with Crippen LogP contribution in [0, 0.1) is 11.6 Å². The third kappa shape index (κ3) is 4.30. The Morgan fingerprint density at radius 2 is 1.38 bits per heavy atom. The van der Waals surface area contributed by atoms with Crippen LogP contribution in [0.4, 0.5) is 14.5 Å². The zero-order valence-electron chi connectivity index (χ0n) is 13.4. The minimum atomic E-state index is -0.885. The van der Waals surface area contributed by atoms with Crippen LogP contribution in [0.2, 0.25) is 0 Å². The average molecular weight is 353 g/mol. The van der Waals surface area contributed by atoms with Gasteiger partial charge in [-0.05, 0) is 48.5 Å². The first kappa shape index (κ1) is 17.3. The van der Waals surface area contributed by atoms with Crippen molar-refractivity contribution < 1.29 is 23.1 Å². The van der Waals surface area contributed by atoms with E-state index < -0.39 is 17.6 Å². The SMILES string of the molecule is O=C(Nc1ccc(OC(=O)c2cc(F)cc(F)c2)cc1)c1ccccc1. The van der Waals surface area contributed by atoms with Gasteiger partial charge in [0, 0.05) is 17.3 Å². The molecule has 0 radical (unpaired) electrons. The van der Waals surface area contributed by atoms with Crippen LogP contribution >= 0.6 is 0 Å². The van der Waals surface area contributed by atoms with Crippen molar-refractivity contribution in [1.29, 1.82) is 0 Å². The Kier molecular flexibility index (Phi) is 5.03. The number of carbonyl (C=O) groups excluding carboxylic acids is 2. The van der Waals surface area contributed by atoms with Gasteiger partial charge in [0.15, 0.2) is 0 Å². The minimum absolute atomic E-state index is 0.178. The van der Waals surface area contributed by atoms with Crippen LogP contribution in [0.25, 0.3) is 0 Å². The molecule has 0 spiro atoms. The summed E-state index contributed by atoms with van der Waals surface area (Å²) in [5.41, 5.74) is 0.788. The number of ether oxygens (including phenoxy) is 1. The van der Waals surface area contributed by atoms with E-state index in [0.29, 0.717) is 17.3 Å². The first-order valence-corrected chi connectivity index (χ1v) is 7.66. The molecule has 1 N–H and O–H groups in total. The van der Waals surface area contributed by atoms with Crippen LogP contribution in [-0.2, 0) is 0 Å². The van der Waals surface area contributed by atoms with E-state index in [1.807, 2.05) is 6.07 Å². The Bertz CT molecular complexity index is 921. The molecule has 6 heteroatoms. The summed E-state index contributed by atoms with van der Waals surface area (Å²) < 4.78 is 31.4. The van der Waals surface area contributed by atoms with Gasteiger partial charge in [0.05, 0.1) is 5.56 Å². The second-order valence-corrected chi connectivity index (χ2v) is 5.39. The summed E-state index contributed by atoms with van der Waals surface area (Å²) in [6.45, 7) is 0. The zero-order valence-corrected chi connectivity index (χ0v) is 13.4. The molecule has 0 fully saturated rings. The van der Waals surface area contributed by atoms with Crippen molar-refractivity contribution in [3.8, 4) is 5.75 Å². The Morgan fingerprint density at radius 1 is 0.769 bits per heavy atom. The van der Waals surface area contributed by atoms with Crippen LogP contribution in [-0.4, -0.2) is 11.9 Å². The summed E-state index contributed by atoms with van der Waals surface area (Å²) in [5.74, 6) is -2.71. The summed E-state index contributed by atoms with van der Waals surface area (Å²) in [7, 11) is 0. The summed E-state index contributed by atoms with van der Waals surface area (Å²) in [6, 6.07) is 17.2. The van der Waals surface area contributed by atoms with Crippen molar-refractivity contribution in [2.45, 2.75) is 0 Å². The maximum Gasteiger partial charge on any atom is 0.343 e. The van der Waals surface area contributed by atoms with Gasteiger partial charge in [0.2, 0.25) is 0 Å². The predicted molar refractivity (Wildman–Crippen MR) is 92.2 cm³/mol. The van der Waals surface area contributed by atoms with E-state index in [4.69, 9.17) is 4.74 Å². The lowest BCUT2D eigenvalue weighted by atomic mass is 10.2. The fraction of sp³-hybridized carbons (Fsp3) is 0. The van der Waals surface area contributed by atoms with Gasteiger partial charge in [-0.15, -0.1) is 0 Å². The molecule has 0 aliphatic carbocycles. The maximum atomic E-state index is 13.2. The first-order chi connectivity index (χ1) is 12.5. The van der Waals surface area contributed by atoms with Gasteiger partial charge in [-0.1, -0.05) is 18.2 Å². The second-order valence-electron chi connectivity index (χ2n) is 5.39. The Labute approximate surface area is 148 Å². The highest BCUT2D eigenvalue weighted by Gasteiger charge is 2.12. The molecule has 3 rings (SSSR count). The molecule has 3 aromatic rings. The number of amides is 1. The number of esters is 1. The Morgan fingerprint density at radius 3 is 2.00 bits per heavy atom. The highest BCUT2D eigenvalue weighted by molar-refractivity contribution is 6.04. The van der Waals surface area contributed by atoms with Crippen LogP contribution in [0.5, 0.6) is 5.75 Å². The van der Waals surface area contributed by atoms with Crippen molar-refractivity contribution in [3.05, 3.63) is 95.6 Å². The Hall–Kier alpha value is -3.54. The van der Waals surface area contributed by atoms with Gasteiger partial charge in [-0.25, -0.2) is 13.6 Å². The lowest BCUT2D eigenvalue weighted by Crippen LogP contribution is -2.12. The lowest BCUT2D eigenvalue weighted by molar-refractivity contribution is 0.0733. The van der Waals surface area contributed by atoms with Crippen molar-refractivity contribution in [2.24, 2.45) is 0 Å². The fourth-order valence-electron chi connectivity index (χ4n) is 2.24. The third-order valence-corrected chi connectivity index (χ3v) is 3.46. The third-order valence-electron chi connectivity index (χ3n) is 3.46. The monoisotopic (exact) mass is 353 g/mol. The Balaban J connectivity index is 1.66. The van der Waals surface area contributed by atoms with E-state index in [2.05, 4.69) is 5.32 Å². The lowest BCUT2D eigenvalue weighted by Gasteiger charge is -2.08. The number of benzene rings is 3. The normalized spacial score (nSPS) is 10.2. The van der Waals surface area contributed by atoms with Crippen molar-refractivity contribution in [3.63, 3.8) is 0 Å². The molecule has 3 aromatic carbocycles. The van der Waals surface area contributed by atoms with Gasteiger partial charge >= 0.3 is 5.97 Å².